The van der Waals surface area contributed by atoms with E-state index in [-0.39, 0.29) is 6.61 Å². The molecule has 3 heteroatoms. The van der Waals surface area contributed by atoms with Gasteiger partial charge in [-0.3, -0.25) is 5.32 Å². The van der Waals surface area contributed by atoms with Crippen molar-refractivity contribution in [3.63, 3.8) is 0 Å². The summed E-state index contributed by atoms with van der Waals surface area (Å²) in [7, 11) is 0. The minimum absolute atomic E-state index is 0.0538. The summed E-state index contributed by atoms with van der Waals surface area (Å²) in [6.45, 7) is 2.49. The Balaban J connectivity index is 2.75. The predicted octanol–water partition coefficient (Wildman–Crippen LogP) is 1.48. The normalized spacial score (nSPS) is 14.1. The fraction of sp³-hybridized carbons (Fsp3) is 0.462. The van der Waals surface area contributed by atoms with Gasteiger partial charge in [0.1, 0.15) is 5.54 Å². The molecule has 0 spiro atoms. The number of β-amino-alcohol motifs (C(OH)–C–C–N with tert-alkyl or cyclic N) is 1. The van der Waals surface area contributed by atoms with Gasteiger partial charge >= 0.3 is 0 Å². The molecule has 0 heterocycles. The van der Waals surface area contributed by atoms with Gasteiger partial charge in [-0.05, 0) is 12.0 Å². The number of hydrogen-bond acceptors (Lipinski definition) is 3. The molecule has 0 amide bonds. The molecule has 3 nitrogen and oxygen atoms in total. The second kappa shape index (κ2) is 6.26. The average Bonchev–Trinajstić information content (AvgIpc) is 2.36. The van der Waals surface area contributed by atoms with Crippen LogP contribution in [0.2, 0.25) is 0 Å². The molecule has 0 bridgehead atoms. The van der Waals surface area contributed by atoms with Crippen LogP contribution >= 0.6 is 0 Å². The molecule has 0 radical (unpaired) electrons. The largest absolute Gasteiger partial charge is 0.395 e. The third kappa shape index (κ3) is 3.34. The van der Waals surface area contributed by atoms with Crippen LogP contribution in [0.15, 0.2) is 30.3 Å². The Morgan fingerprint density at radius 1 is 1.38 bits per heavy atom. The van der Waals surface area contributed by atoms with Gasteiger partial charge in [-0.2, -0.15) is 5.26 Å². The Kier molecular flexibility index (Phi) is 4.97. The van der Waals surface area contributed by atoms with E-state index in [1.165, 1.54) is 0 Å². The molecule has 86 valence electrons. The highest BCUT2D eigenvalue weighted by molar-refractivity contribution is 5.22. The summed E-state index contributed by atoms with van der Waals surface area (Å²) >= 11 is 0. The summed E-state index contributed by atoms with van der Waals surface area (Å²) in [4.78, 5) is 0. The van der Waals surface area contributed by atoms with Crippen LogP contribution in [0.3, 0.4) is 0 Å². The number of aliphatic hydroxyl groups is 1. The molecule has 1 rings (SSSR count). The van der Waals surface area contributed by atoms with E-state index in [1.54, 1.807) is 0 Å². The quantitative estimate of drug-likeness (QED) is 0.760. The molecule has 0 aliphatic rings. The monoisotopic (exact) mass is 218 g/mol. The fourth-order valence-electron chi connectivity index (χ4n) is 1.71. The predicted molar refractivity (Wildman–Crippen MR) is 63.9 cm³/mol. The number of aliphatic hydroxyl groups excluding tert-OH is 1. The maximum absolute atomic E-state index is 9.27. The summed E-state index contributed by atoms with van der Waals surface area (Å²) in [5.74, 6) is 0. The average molecular weight is 218 g/mol. The third-order valence-corrected chi connectivity index (χ3v) is 2.74. The number of nitrogens with one attached hydrogen (secondary N) is 1. The molecule has 0 fully saturated rings. The molecule has 0 saturated heterocycles. The van der Waals surface area contributed by atoms with Gasteiger partial charge in [-0.25, -0.2) is 0 Å². The van der Waals surface area contributed by atoms with Gasteiger partial charge in [0, 0.05) is 13.0 Å². The van der Waals surface area contributed by atoms with Crippen molar-refractivity contribution in [2.75, 3.05) is 13.2 Å². The summed E-state index contributed by atoms with van der Waals surface area (Å²) in [5.41, 5.74) is 0.570. The molecule has 0 aliphatic carbocycles. The standard InChI is InChI=1S/C13H18N2O/c1-2-13(11-14,15-8-9-16)10-12-6-4-3-5-7-12/h3-7,15-16H,2,8-10H2,1H3. The Bertz CT molecular complexity index is 345. The number of hydrogen-bond donors (Lipinski definition) is 2. The van der Waals surface area contributed by atoms with Gasteiger partial charge in [0.05, 0.1) is 12.7 Å². The van der Waals surface area contributed by atoms with E-state index in [0.29, 0.717) is 13.0 Å². The molecule has 2 N–H and O–H groups in total. The first-order valence-corrected chi connectivity index (χ1v) is 5.57. The number of nitrogens with zero attached hydrogens (tertiary/aromatic N) is 1. The number of benzene rings is 1. The van der Waals surface area contributed by atoms with Crippen molar-refractivity contribution in [2.45, 2.75) is 25.3 Å². The molecule has 1 aromatic carbocycles. The van der Waals surface area contributed by atoms with E-state index >= 15 is 0 Å². The van der Waals surface area contributed by atoms with Crippen molar-refractivity contribution in [2.24, 2.45) is 0 Å². The lowest BCUT2D eigenvalue weighted by atomic mass is 9.89. The van der Waals surface area contributed by atoms with Gasteiger partial charge in [-0.1, -0.05) is 37.3 Å². The zero-order chi connectivity index (χ0) is 11.9. The maximum Gasteiger partial charge on any atom is 0.110 e. The van der Waals surface area contributed by atoms with Crippen LogP contribution in [-0.4, -0.2) is 23.8 Å². The van der Waals surface area contributed by atoms with E-state index in [2.05, 4.69) is 11.4 Å². The highest BCUT2D eigenvalue weighted by atomic mass is 16.3. The molecular formula is C13H18N2O. The van der Waals surface area contributed by atoms with Crippen LogP contribution < -0.4 is 5.32 Å². The van der Waals surface area contributed by atoms with Crippen LogP contribution in [0, 0.1) is 11.3 Å². The second-order valence-electron chi connectivity index (χ2n) is 3.86. The van der Waals surface area contributed by atoms with Crippen LogP contribution in [0.1, 0.15) is 18.9 Å². The first kappa shape index (κ1) is 12.7. The van der Waals surface area contributed by atoms with Crippen LogP contribution in [0.4, 0.5) is 0 Å². The summed E-state index contributed by atoms with van der Waals surface area (Å²) < 4.78 is 0. The molecular weight excluding hydrogens is 200 g/mol. The Morgan fingerprint density at radius 3 is 2.56 bits per heavy atom. The van der Waals surface area contributed by atoms with E-state index in [4.69, 9.17) is 5.11 Å². The highest BCUT2D eigenvalue weighted by Crippen LogP contribution is 2.16. The van der Waals surface area contributed by atoms with Gasteiger partial charge in [-0.15, -0.1) is 0 Å². The van der Waals surface area contributed by atoms with Crippen LogP contribution in [-0.2, 0) is 6.42 Å². The Morgan fingerprint density at radius 2 is 2.06 bits per heavy atom. The van der Waals surface area contributed by atoms with Crippen LogP contribution in [0.5, 0.6) is 0 Å². The first-order valence-electron chi connectivity index (χ1n) is 5.57. The van der Waals surface area contributed by atoms with Crippen molar-refractivity contribution in [1.29, 1.82) is 5.26 Å². The Labute approximate surface area is 96.7 Å². The topological polar surface area (TPSA) is 56.0 Å². The molecule has 16 heavy (non-hydrogen) atoms. The lowest BCUT2D eigenvalue weighted by Crippen LogP contribution is -2.46. The lowest BCUT2D eigenvalue weighted by molar-refractivity contribution is 0.268. The molecule has 0 aliphatic heterocycles. The molecule has 1 aromatic rings. The smallest absolute Gasteiger partial charge is 0.110 e. The summed E-state index contributed by atoms with van der Waals surface area (Å²) in [6, 6.07) is 12.3. The first-order chi connectivity index (χ1) is 7.76. The van der Waals surface area contributed by atoms with E-state index in [1.807, 2.05) is 37.3 Å². The molecule has 0 aromatic heterocycles. The van der Waals surface area contributed by atoms with Gasteiger partial charge in [0.15, 0.2) is 0 Å². The zero-order valence-corrected chi connectivity index (χ0v) is 9.61. The van der Waals surface area contributed by atoms with Gasteiger partial charge < -0.3 is 5.11 Å². The lowest BCUT2D eigenvalue weighted by Gasteiger charge is -2.26. The minimum Gasteiger partial charge on any atom is -0.395 e. The minimum atomic E-state index is -0.565. The zero-order valence-electron chi connectivity index (χ0n) is 9.61. The van der Waals surface area contributed by atoms with Crippen LogP contribution in [0.25, 0.3) is 0 Å². The van der Waals surface area contributed by atoms with Crippen molar-refractivity contribution in [3.05, 3.63) is 35.9 Å². The third-order valence-electron chi connectivity index (χ3n) is 2.74. The van der Waals surface area contributed by atoms with Crippen molar-refractivity contribution in [1.82, 2.24) is 5.32 Å². The van der Waals surface area contributed by atoms with E-state index in [9.17, 15) is 5.26 Å². The van der Waals surface area contributed by atoms with E-state index < -0.39 is 5.54 Å². The molecule has 0 saturated carbocycles. The fourth-order valence-corrected chi connectivity index (χ4v) is 1.71. The number of nitriles is 1. The highest BCUT2D eigenvalue weighted by Gasteiger charge is 2.27. The van der Waals surface area contributed by atoms with Gasteiger partial charge in [0.2, 0.25) is 0 Å². The van der Waals surface area contributed by atoms with Gasteiger partial charge in [0.25, 0.3) is 0 Å². The molecule has 1 unspecified atom stereocenters. The second-order valence-corrected chi connectivity index (χ2v) is 3.86. The molecule has 1 atom stereocenters. The van der Waals surface area contributed by atoms with Crippen molar-refractivity contribution in [3.8, 4) is 6.07 Å². The SMILES string of the molecule is CCC(C#N)(Cc1ccccc1)NCCO. The maximum atomic E-state index is 9.27. The summed E-state index contributed by atoms with van der Waals surface area (Å²) in [5, 5.41) is 21.2. The van der Waals surface area contributed by atoms with Crippen molar-refractivity contribution < 1.29 is 5.11 Å². The van der Waals surface area contributed by atoms with E-state index in [0.717, 1.165) is 12.0 Å². The van der Waals surface area contributed by atoms with Crippen molar-refractivity contribution >= 4 is 0 Å². The number of rotatable bonds is 6. The Hall–Kier alpha value is -1.37. The summed E-state index contributed by atoms with van der Waals surface area (Å²) in [6.07, 6.45) is 1.39.